The quantitative estimate of drug-likeness (QED) is 0.123. The Morgan fingerprint density at radius 2 is 1.04 bits per heavy atom. The summed E-state index contributed by atoms with van der Waals surface area (Å²) in [5.41, 5.74) is 5.47. The molecule has 3 nitrogen and oxygen atoms in total. The maximum absolute atomic E-state index is 10.0. The first kappa shape index (κ1) is 31.3. The van der Waals surface area contributed by atoms with Gasteiger partial charge in [-0.1, -0.05) is 76.9 Å². The maximum Gasteiger partial charge on any atom is 0.137 e. The number of hydrogen-bond acceptors (Lipinski definition) is 3. The van der Waals surface area contributed by atoms with Crippen molar-refractivity contribution in [1.82, 2.24) is 0 Å². The maximum atomic E-state index is 10.0. The van der Waals surface area contributed by atoms with E-state index in [1.165, 1.54) is 104 Å². The summed E-state index contributed by atoms with van der Waals surface area (Å²) < 4.78 is 0. The van der Waals surface area contributed by atoms with Crippen molar-refractivity contribution in [2.24, 2.45) is 5.73 Å². The molecular formula is C23H45CuNO2. The van der Waals surface area contributed by atoms with Gasteiger partial charge in [0, 0.05) is 17.1 Å². The standard InChI is InChI=1S/C18H37N.C5H8O2.Cu/c1-2-3-4-5-6-7-8-9-10-11-12-13-14-15-16-17-18-19;1-4(6)3-5(2)7;/h9-10H,2-8,11-19H2,1H3;3H2,1-2H3;/b10-9-;;. The second-order valence-corrected chi connectivity index (χ2v) is 7.31. The zero-order valence-corrected chi connectivity index (χ0v) is 19.1. The second kappa shape index (κ2) is 27.8. The molecule has 0 aromatic rings. The first-order valence-electron chi connectivity index (χ1n) is 10.9. The predicted octanol–water partition coefficient (Wildman–Crippen LogP) is 6.53. The third kappa shape index (κ3) is 37.1. The van der Waals surface area contributed by atoms with Gasteiger partial charge in [-0.15, -0.1) is 0 Å². The van der Waals surface area contributed by atoms with Crippen molar-refractivity contribution in [2.45, 2.75) is 117 Å². The molecule has 0 heterocycles. The Morgan fingerprint density at radius 3 is 1.37 bits per heavy atom. The average molecular weight is 431 g/mol. The van der Waals surface area contributed by atoms with Crippen LogP contribution >= 0.6 is 0 Å². The molecule has 0 saturated heterocycles. The van der Waals surface area contributed by atoms with Crippen molar-refractivity contribution in [1.29, 1.82) is 0 Å². The van der Waals surface area contributed by atoms with Crippen LogP contribution in [0.3, 0.4) is 0 Å². The molecule has 0 aliphatic rings. The Morgan fingerprint density at radius 1 is 0.667 bits per heavy atom. The molecule has 165 valence electrons. The third-order valence-electron chi connectivity index (χ3n) is 4.21. The van der Waals surface area contributed by atoms with E-state index in [4.69, 9.17) is 5.73 Å². The van der Waals surface area contributed by atoms with Crippen LogP contribution in [0.25, 0.3) is 0 Å². The van der Waals surface area contributed by atoms with Gasteiger partial charge in [0.1, 0.15) is 11.6 Å². The number of nitrogens with two attached hydrogens (primary N) is 1. The molecule has 0 aromatic carbocycles. The van der Waals surface area contributed by atoms with Crippen LogP contribution in [0.15, 0.2) is 12.2 Å². The second-order valence-electron chi connectivity index (χ2n) is 7.31. The van der Waals surface area contributed by atoms with Gasteiger partial charge in [-0.3, -0.25) is 9.59 Å². The zero-order chi connectivity index (χ0) is 19.9. The Kier molecular flexibility index (Phi) is 32.2. The molecule has 0 fully saturated rings. The van der Waals surface area contributed by atoms with Gasteiger partial charge in [-0.2, -0.15) is 0 Å². The first-order chi connectivity index (χ1) is 12.5. The Balaban J connectivity index is -0.000000612. The van der Waals surface area contributed by atoms with Gasteiger partial charge in [-0.05, 0) is 52.5 Å². The van der Waals surface area contributed by atoms with Crippen molar-refractivity contribution >= 4 is 11.6 Å². The molecule has 0 atom stereocenters. The van der Waals surface area contributed by atoms with E-state index in [0.717, 1.165) is 6.54 Å². The molecule has 0 saturated carbocycles. The fraction of sp³-hybridized carbons (Fsp3) is 0.826. The van der Waals surface area contributed by atoms with Crippen molar-refractivity contribution in [3.8, 4) is 0 Å². The summed E-state index contributed by atoms with van der Waals surface area (Å²) >= 11 is 0. The number of hydrogen-bond donors (Lipinski definition) is 1. The fourth-order valence-electron chi connectivity index (χ4n) is 2.74. The summed E-state index contributed by atoms with van der Waals surface area (Å²) in [4.78, 5) is 20.1. The van der Waals surface area contributed by atoms with Crippen LogP contribution < -0.4 is 5.73 Å². The van der Waals surface area contributed by atoms with E-state index in [1.807, 2.05) is 0 Å². The number of unbranched alkanes of at least 4 members (excludes halogenated alkanes) is 12. The largest absolute Gasteiger partial charge is 0.330 e. The van der Waals surface area contributed by atoms with Crippen LogP contribution in [-0.4, -0.2) is 18.1 Å². The summed E-state index contributed by atoms with van der Waals surface area (Å²) in [5.74, 6) is -0.125. The predicted molar refractivity (Wildman–Crippen MR) is 114 cm³/mol. The molecule has 0 aliphatic carbocycles. The summed E-state index contributed by atoms with van der Waals surface area (Å²) in [6.45, 7) is 5.95. The fourth-order valence-corrected chi connectivity index (χ4v) is 2.74. The van der Waals surface area contributed by atoms with E-state index in [-0.39, 0.29) is 35.1 Å². The Bertz CT molecular complexity index is 331. The van der Waals surface area contributed by atoms with E-state index in [2.05, 4.69) is 19.1 Å². The van der Waals surface area contributed by atoms with Crippen LogP contribution in [0.4, 0.5) is 0 Å². The number of allylic oxidation sites excluding steroid dienone is 2. The Hall–Kier alpha value is -0.441. The van der Waals surface area contributed by atoms with Crippen LogP contribution in [0.2, 0.25) is 0 Å². The molecule has 0 spiro atoms. The average Bonchev–Trinajstić information content (AvgIpc) is 2.58. The summed E-state index contributed by atoms with van der Waals surface area (Å²) in [7, 11) is 0. The van der Waals surface area contributed by atoms with Crippen LogP contribution in [0.1, 0.15) is 117 Å². The van der Waals surface area contributed by atoms with Crippen LogP contribution in [0, 0.1) is 0 Å². The normalized spacial score (nSPS) is 10.2. The molecule has 27 heavy (non-hydrogen) atoms. The molecule has 0 bridgehead atoms. The van der Waals surface area contributed by atoms with E-state index < -0.39 is 0 Å². The van der Waals surface area contributed by atoms with E-state index in [0.29, 0.717) is 0 Å². The van der Waals surface area contributed by atoms with Gasteiger partial charge in [0.15, 0.2) is 0 Å². The van der Waals surface area contributed by atoms with Gasteiger partial charge < -0.3 is 5.73 Å². The van der Waals surface area contributed by atoms with Gasteiger partial charge in [0.05, 0.1) is 6.42 Å². The monoisotopic (exact) mass is 430 g/mol. The van der Waals surface area contributed by atoms with Gasteiger partial charge in [0.2, 0.25) is 0 Å². The summed E-state index contributed by atoms with van der Waals surface area (Å²) in [5, 5.41) is 0. The number of carbonyl (C=O) groups is 2. The molecule has 0 aromatic heterocycles. The van der Waals surface area contributed by atoms with Crippen LogP contribution in [-0.2, 0) is 26.7 Å². The number of carbonyl (C=O) groups excluding carboxylic acids is 2. The minimum atomic E-state index is -0.0625. The van der Waals surface area contributed by atoms with Crippen molar-refractivity contribution in [2.75, 3.05) is 6.54 Å². The smallest absolute Gasteiger partial charge is 0.137 e. The van der Waals surface area contributed by atoms with Crippen LogP contribution in [0.5, 0.6) is 0 Å². The number of rotatable bonds is 17. The van der Waals surface area contributed by atoms with Gasteiger partial charge in [0.25, 0.3) is 0 Å². The van der Waals surface area contributed by atoms with Crippen molar-refractivity contribution in [3.05, 3.63) is 12.2 Å². The molecule has 0 unspecified atom stereocenters. The minimum absolute atomic E-state index is 0. The summed E-state index contributed by atoms with van der Waals surface area (Å²) in [6, 6.07) is 0. The molecule has 0 aliphatic heterocycles. The van der Waals surface area contributed by atoms with E-state index in [9.17, 15) is 9.59 Å². The minimum Gasteiger partial charge on any atom is -0.330 e. The number of Topliss-reactive ketones (excluding diaryl/α,β-unsaturated/α-hetero) is 2. The third-order valence-corrected chi connectivity index (χ3v) is 4.21. The number of ketones is 2. The SMILES string of the molecule is CC(=O)CC(C)=O.CCCCCCCC/C=C\CCCCCCCCN.[Cu]. The van der Waals surface area contributed by atoms with Crippen molar-refractivity contribution < 1.29 is 26.7 Å². The van der Waals surface area contributed by atoms with Gasteiger partial charge >= 0.3 is 0 Å². The summed E-state index contributed by atoms with van der Waals surface area (Å²) in [6.07, 6.45) is 24.0. The molecule has 0 rings (SSSR count). The molecular weight excluding hydrogens is 386 g/mol. The van der Waals surface area contributed by atoms with Crippen molar-refractivity contribution in [3.63, 3.8) is 0 Å². The van der Waals surface area contributed by atoms with E-state index >= 15 is 0 Å². The molecule has 1 radical (unpaired) electrons. The zero-order valence-electron chi connectivity index (χ0n) is 18.2. The van der Waals surface area contributed by atoms with E-state index in [1.54, 1.807) is 0 Å². The van der Waals surface area contributed by atoms with Gasteiger partial charge in [-0.25, -0.2) is 0 Å². The molecule has 0 amide bonds. The topological polar surface area (TPSA) is 60.2 Å². The molecule has 2 N–H and O–H groups in total. The Labute approximate surface area is 179 Å². The first-order valence-corrected chi connectivity index (χ1v) is 10.9. The molecule has 4 heteroatoms.